The van der Waals surface area contributed by atoms with Crippen molar-refractivity contribution in [2.75, 3.05) is 40.0 Å². The zero-order valence-electron chi connectivity index (χ0n) is 15.2. The van der Waals surface area contributed by atoms with Crippen LogP contribution in [0.3, 0.4) is 0 Å². The van der Waals surface area contributed by atoms with Gasteiger partial charge in [0.25, 0.3) is 0 Å². The molecule has 0 bridgehead atoms. The predicted octanol–water partition coefficient (Wildman–Crippen LogP) is 3.04. The lowest BCUT2D eigenvalue weighted by molar-refractivity contribution is 0.0241. The van der Waals surface area contributed by atoms with Gasteiger partial charge in [0.15, 0.2) is 5.96 Å². The highest BCUT2D eigenvalue weighted by Gasteiger charge is 2.23. The minimum Gasteiger partial charge on any atom is -0.382 e. The molecule has 0 amide bonds. The summed E-state index contributed by atoms with van der Waals surface area (Å²) in [5, 5.41) is 6.62. The molecule has 0 fully saturated rings. The zero-order chi connectivity index (χ0) is 16.1. The summed E-state index contributed by atoms with van der Waals surface area (Å²) in [6, 6.07) is 0. The molecule has 0 saturated carbocycles. The Kier molecular flexibility index (Phi) is 15.9. The van der Waals surface area contributed by atoms with Crippen molar-refractivity contribution in [3.8, 4) is 0 Å². The van der Waals surface area contributed by atoms with E-state index in [1.807, 2.05) is 6.92 Å². The fourth-order valence-corrected chi connectivity index (χ4v) is 1.90. The fraction of sp³-hybridized carbons (Fsp3) is 0.938. The molecule has 0 aliphatic heterocycles. The molecule has 2 N–H and O–H groups in total. The van der Waals surface area contributed by atoms with Crippen LogP contribution in [-0.2, 0) is 9.47 Å². The average Bonchev–Trinajstić information content (AvgIpc) is 2.41. The molecular weight excluding hydrogens is 393 g/mol. The second-order valence-electron chi connectivity index (χ2n) is 6.14. The number of hydrogen-bond acceptors (Lipinski definition) is 3. The maximum atomic E-state index is 5.53. The number of ether oxygens (including phenoxy) is 2. The highest BCUT2D eigenvalue weighted by atomic mass is 127. The molecule has 134 valence electrons. The van der Waals surface area contributed by atoms with Gasteiger partial charge in [-0.15, -0.1) is 24.0 Å². The lowest BCUT2D eigenvalue weighted by Crippen LogP contribution is -2.39. The van der Waals surface area contributed by atoms with Crippen LogP contribution < -0.4 is 10.6 Å². The van der Waals surface area contributed by atoms with Gasteiger partial charge < -0.3 is 20.1 Å². The van der Waals surface area contributed by atoms with Crippen molar-refractivity contribution in [3.63, 3.8) is 0 Å². The van der Waals surface area contributed by atoms with Crippen LogP contribution in [0.1, 0.15) is 47.5 Å². The molecule has 0 aliphatic carbocycles. The van der Waals surface area contributed by atoms with E-state index in [-0.39, 0.29) is 35.5 Å². The molecule has 1 atom stereocenters. The third-order valence-electron chi connectivity index (χ3n) is 3.22. The molecule has 0 spiro atoms. The lowest BCUT2D eigenvalue weighted by Gasteiger charge is -2.28. The quantitative estimate of drug-likeness (QED) is 0.243. The minimum absolute atomic E-state index is 0. The van der Waals surface area contributed by atoms with Crippen molar-refractivity contribution < 1.29 is 9.47 Å². The van der Waals surface area contributed by atoms with Crippen molar-refractivity contribution in [1.82, 2.24) is 10.6 Å². The van der Waals surface area contributed by atoms with Gasteiger partial charge in [0.2, 0.25) is 0 Å². The molecule has 0 radical (unpaired) electrons. The van der Waals surface area contributed by atoms with E-state index in [0.29, 0.717) is 6.54 Å². The van der Waals surface area contributed by atoms with E-state index in [4.69, 9.17) is 9.47 Å². The van der Waals surface area contributed by atoms with Crippen LogP contribution in [-0.4, -0.2) is 52.0 Å². The van der Waals surface area contributed by atoms with Crippen LogP contribution in [0, 0.1) is 5.41 Å². The Labute approximate surface area is 154 Å². The van der Waals surface area contributed by atoms with E-state index < -0.39 is 0 Å². The zero-order valence-corrected chi connectivity index (χ0v) is 17.5. The first kappa shape index (κ1) is 24.2. The predicted molar refractivity (Wildman–Crippen MR) is 105 cm³/mol. The smallest absolute Gasteiger partial charge is 0.191 e. The second kappa shape index (κ2) is 14.5. The topological polar surface area (TPSA) is 54.9 Å². The number of nitrogens with one attached hydrogen (secondary N) is 2. The van der Waals surface area contributed by atoms with Crippen LogP contribution >= 0.6 is 24.0 Å². The van der Waals surface area contributed by atoms with Crippen molar-refractivity contribution in [1.29, 1.82) is 0 Å². The Balaban J connectivity index is 0. The van der Waals surface area contributed by atoms with Crippen molar-refractivity contribution >= 4 is 29.9 Å². The van der Waals surface area contributed by atoms with E-state index in [9.17, 15) is 0 Å². The minimum atomic E-state index is 0. The average molecular weight is 429 g/mol. The molecule has 0 aromatic carbocycles. The van der Waals surface area contributed by atoms with Crippen LogP contribution in [0.4, 0.5) is 0 Å². The Morgan fingerprint density at radius 1 is 1.14 bits per heavy atom. The summed E-state index contributed by atoms with van der Waals surface area (Å²) < 4.78 is 10.9. The standard InChI is InChI=1S/C16H35N3O2.HI/c1-7-17-15(18-11-9-10-12-21-8-2)19-13-14(20-6)16(3,4)5;/h14H,7-13H2,1-6H3,(H2,17,18,19);1H. The van der Waals surface area contributed by atoms with Gasteiger partial charge >= 0.3 is 0 Å². The van der Waals surface area contributed by atoms with Gasteiger partial charge in [-0.1, -0.05) is 20.8 Å². The molecule has 1 unspecified atom stereocenters. The fourth-order valence-electron chi connectivity index (χ4n) is 1.90. The molecule has 22 heavy (non-hydrogen) atoms. The molecule has 0 aromatic heterocycles. The molecule has 0 rings (SSSR count). The number of aliphatic imine (C=N–C) groups is 1. The molecule has 0 aliphatic rings. The lowest BCUT2D eigenvalue weighted by atomic mass is 9.89. The maximum absolute atomic E-state index is 5.53. The Bertz CT molecular complexity index is 281. The van der Waals surface area contributed by atoms with Gasteiger partial charge in [-0.3, -0.25) is 4.99 Å². The summed E-state index contributed by atoms with van der Waals surface area (Å²) in [5.74, 6) is 0.861. The molecule has 6 heteroatoms. The number of nitrogens with zero attached hydrogens (tertiary/aromatic N) is 1. The summed E-state index contributed by atoms with van der Waals surface area (Å²) in [7, 11) is 1.75. The molecular formula is C16H36IN3O2. The Morgan fingerprint density at radius 2 is 1.82 bits per heavy atom. The van der Waals surface area contributed by atoms with Crippen molar-refractivity contribution in [2.24, 2.45) is 10.4 Å². The van der Waals surface area contributed by atoms with Crippen molar-refractivity contribution in [2.45, 2.75) is 53.6 Å². The normalized spacial score (nSPS) is 13.5. The van der Waals surface area contributed by atoms with Gasteiger partial charge in [0, 0.05) is 33.4 Å². The monoisotopic (exact) mass is 429 g/mol. The highest BCUT2D eigenvalue weighted by Crippen LogP contribution is 2.21. The molecule has 5 nitrogen and oxygen atoms in total. The number of hydrogen-bond donors (Lipinski definition) is 2. The largest absolute Gasteiger partial charge is 0.382 e. The van der Waals surface area contributed by atoms with Crippen LogP contribution in [0.2, 0.25) is 0 Å². The third kappa shape index (κ3) is 12.5. The first-order chi connectivity index (χ1) is 9.95. The Hall–Kier alpha value is -0.0800. The van der Waals surface area contributed by atoms with Gasteiger partial charge in [-0.25, -0.2) is 0 Å². The van der Waals surface area contributed by atoms with Crippen LogP contribution in [0.25, 0.3) is 0 Å². The number of rotatable bonds is 10. The Morgan fingerprint density at radius 3 is 2.32 bits per heavy atom. The van der Waals surface area contributed by atoms with Gasteiger partial charge in [0.1, 0.15) is 0 Å². The summed E-state index contributed by atoms with van der Waals surface area (Å²) >= 11 is 0. The van der Waals surface area contributed by atoms with E-state index in [0.717, 1.165) is 45.1 Å². The highest BCUT2D eigenvalue weighted by molar-refractivity contribution is 14.0. The van der Waals surface area contributed by atoms with Crippen LogP contribution in [0.5, 0.6) is 0 Å². The van der Waals surface area contributed by atoms with Crippen molar-refractivity contribution in [3.05, 3.63) is 0 Å². The third-order valence-corrected chi connectivity index (χ3v) is 3.22. The molecule has 0 aromatic rings. The summed E-state index contributed by atoms with van der Waals surface area (Å²) in [6.07, 6.45) is 2.27. The SMILES string of the molecule is CCNC(=NCC(OC)C(C)(C)C)NCCCCOCC.I. The van der Waals surface area contributed by atoms with Gasteiger partial charge in [-0.2, -0.15) is 0 Å². The molecule has 0 saturated heterocycles. The first-order valence-electron chi connectivity index (χ1n) is 8.08. The number of methoxy groups -OCH3 is 1. The molecule has 0 heterocycles. The number of guanidine groups is 1. The van der Waals surface area contributed by atoms with E-state index >= 15 is 0 Å². The second-order valence-corrected chi connectivity index (χ2v) is 6.14. The van der Waals surface area contributed by atoms with Gasteiger partial charge in [-0.05, 0) is 32.1 Å². The van der Waals surface area contributed by atoms with E-state index in [2.05, 4.69) is 43.3 Å². The number of unbranched alkanes of at least 4 members (excludes halogenated alkanes) is 1. The summed E-state index contributed by atoms with van der Waals surface area (Å²) in [6.45, 7) is 14.7. The maximum Gasteiger partial charge on any atom is 0.191 e. The van der Waals surface area contributed by atoms with Crippen LogP contribution in [0.15, 0.2) is 4.99 Å². The first-order valence-corrected chi connectivity index (χ1v) is 8.08. The van der Waals surface area contributed by atoms with Gasteiger partial charge in [0.05, 0.1) is 12.6 Å². The van der Waals surface area contributed by atoms with E-state index in [1.54, 1.807) is 7.11 Å². The summed E-state index contributed by atoms with van der Waals surface area (Å²) in [4.78, 5) is 4.62. The van der Waals surface area contributed by atoms with E-state index in [1.165, 1.54) is 0 Å². The number of halogens is 1. The summed E-state index contributed by atoms with van der Waals surface area (Å²) in [5.41, 5.74) is 0.0903.